The van der Waals surface area contributed by atoms with E-state index in [4.69, 9.17) is 0 Å². The maximum absolute atomic E-state index is 13.9. The van der Waals surface area contributed by atoms with Gasteiger partial charge in [0, 0.05) is 69.1 Å². The number of alkyl halides is 3. The number of aromatic nitrogens is 4. The fourth-order valence-electron chi connectivity index (χ4n) is 6.64. The third-order valence-electron chi connectivity index (χ3n) is 9.67. The van der Waals surface area contributed by atoms with Gasteiger partial charge in [-0.05, 0) is 61.7 Å². The Bertz CT molecular complexity index is 2090. The molecule has 3 N–H and O–H groups in total. The number of nitrogens with zero attached hydrogens (tertiary/aromatic N) is 7. The normalized spacial score (nSPS) is 17.0. The van der Waals surface area contributed by atoms with Crippen molar-refractivity contribution in [2.24, 2.45) is 0 Å². The number of sulfonamides is 1. The lowest BCUT2D eigenvalue weighted by Gasteiger charge is -2.38. The largest absolute Gasteiger partial charge is 0.421 e. The number of carbonyl (C=O) groups excluding carboxylic acids is 2. The van der Waals surface area contributed by atoms with E-state index >= 15 is 0 Å². The first-order chi connectivity index (χ1) is 25.7. The highest BCUT2D eigenvalue weighted by molar-refractivity contribution is 7.92. The van der Waals surface area contributed by atoms with Crippen molar-refractivity contribution in [2.45, 2.75) is 56.9 Å². The van der Waals surface area contributed by atoms with Gasteiger partial charge in [-0.2, -0.15) is 18.2 Å². The molecule has 4 aromatic rings. The fourth-order valence-corrected chi connectivity index (χ4v) is 7.11. The van der Waals surface area contributed by atoms with E-state index in [1.807, 2.05) is 36.4 Å². The Kier molecular flexibility index (Phi) is 11.3. The zero-order valence-electron chi connectivity index (χ0n) is 30.0. The Morgan fingerprint density at radius 2 is 1.70 bits per heavy atom. The predicted molar refractivity (Wildman–Crippen MR) is 198 cm³/mol. The molecule has 0 bridgehead atoms. The summed E-state index contributed by atoms with van der Waals surface area (Å²) in [5.41, 5.74) is 2.63. The third-order valence-corrected chi connectivity index (χ3v) is 10.8. The van der Waals surface area contributed by atoms with Crippen molar-refractivity contribution in [2.75, 3.05) is 53.3 Å². The third kappa shape index (κ3) is 9.22. The van der Waals surface area contributed by atoms with E-state index in [0.29, 0.717) is 30.8 Å². The van der Waals surface area contributed by atoms with Crippen molar-refractivity contribution in [1.82, 2.24) is 30.2 Å². The number of halogens is 3. The first-order valence-corrected chi connectivity index (χ1v) is 19.2. The molecule has 0 spiro atoms. The molecule has 2 amide bonds. The van der Waals surface area contributed by atoms with E-state index in [9.17, 15) is 31.2 Å². The highest BCUT2D eigenvalue weighted by Crippen LogP contribution is 2.35. The van der Waals surface area contributed by atoms with Gasteiger partial charge in [-0.3, -0.25) is 29.1 Å². The van der Waals surface area contributed by atoms with E-state index in [0.717, 1.165) is 59.9 Å². The van der Waals surface area contributed by atoms with Crippen molar-refractivity contribution < 1.29 is 31.2 Å². The van der Waals surface area contributed by atoms with Crippen LogP contribution in [0.3, 0.4) is 0 Å². The number of carbonyl (C=O) groups is 2. The minimum Gasteiger partial charge on any atom is -0.371 e. The molecule has 0 saturated carbocycles. The monoisotopic (exact) mass is 766 g/mol. The van der Waals surface area contributed by atoms with Crippen LogP contribution in [-0.4, -0.2) is 84.6 Å². The lowest BCUT2D eigenvalue weighted by molar-refractivity contribution is -0.137. The Labute approximate surface area is 311 Å². The number of hydrogen-bond donors (Lipinski definition) is 3. The molecule has 2 aromatic heterocycles. The molecule has 0 radical (unpaired) electrons. The van der Waals surface area contributed by atoms with Crippen molar-refractivity contribution in [1.29, 1.82) is 0 Å². The molecule has 0 aliphatic carbocycles. The molecule has 2 saturated heterocycles. The Hall–Kier alpha value is -5.36. The quantitative estimate of drug-likeness (QED) is 0.171. The van der Waals surface area contributed by atoms with E-state index in [-0.39, 0.29) is 41.7 Å². The SMILES string of the molecule is CN(Cc1cccc(C2CCC(=O)NC2=O)c1)C1CCN(c2ccc(Nc3ncc(C(F)(F)F)c(NCc4nccnc4N(C)S(C)(=O)=O)n3)cc2)CC1. The molecule has 2 aliphatic rings. The Morgan fingerprint density at radius 3 is 2.39 bits per heavy atom. The number of rotatable bonds is 12. The minimum absolute atomic E-state index is 0.0286. The number of imide groups is 1. The smallest absolute Gasteiger partial charge is 0.371 e. The standard InChI is InChI=1S/C36H41F3N10O4S/c1-47(22-23-5-4-6-24(19-23)28-11-12-31(50)45-34(28)51)26-13-17-49(18-14-26)27-9-7-25(8-10-27)44-35-43-20-29(36(37,38)39)32(46-35)42-21-30-33(41-16-15-40-30)48(2)54(3,52)53/h4-10,15-16,19-20,26,28H,11-14,17-18,21-22H2,1-3H3,(H,45,50,51)(H2,42,43,44,46). The van der Waals surface area contributed by atoms with Gasteiger partial charge in [0.05, 0.1) is 18.7 Å². The number of amides is 2. The molecule has 2 aromatic carbocycles. The molecule has 14 nitrogen and oxygen atoms in total. The molecule has 1 atom stereocenters. The van der Waals surface area contributed by atoms with Crippen LogP contribution < -0.4 is 25.2 Å². The van der Waals surface area contributed by atoms with Crippen LogP contribution in [0.15, 0.2) is 67.1 Å². The van der Waals surface area contributed by atoms with Gasteiger partial charge in [-0.25, -0.2) is 18.4 Å². The number of piperidine rings is 2. The molecular formula is C36H41F3N10O4S. The highest BCUT2D eigenvalue weighted by atomic mass is 32.2. The summed E-state index contributed by atoms with van der Waals surface area (Å²) in [4.78, 5) is 44.7. The summed E-state index contributed by atoms with van der Waals surface area (Å²) in [5.74, 6) is -1.39. The highest BCUT2D eigenvalue weighted by Gasteiger charge is 2.35. The second-order valence-corrected chi connectivity index (χ2v) is 15.4. The van der Waals surface area contributed by atoms with Gasteiger partial charge in [0.15, 0.2) is 5.82 Å². The van der Waals surface area contributed by atoms with Crippen LogP contribution in [0, 0.1) is 0 Å². The van der Waals surface area contributed by atoms with Gasteiger partial charge in [0.25, 0.3) is 0 Å². The van der Waals surface area contributed by atoms with Crippen LogP contribution in [0.2, 0.25) is 0 Å². The van der Waals surface area contributed by atoms with Gasteiger partial charge < -0.3 is 15.5 Å². The molecule has 286 valence electrons. The van der Waals surface area contributed by atoms with Crippen LogP contribution in [0.5, 0.6) is 0 Å². The second kappa shape index (κ2) is 15.9. The molecule has 1 unspecified atom stereocenters. The summed E-state index contributed by atoms with van der Waals surface area (Å²) in [6.45, 7) is 2.12. The summed E-state index contributed by atoms with van der Waals surface area (Å²) in [7, 11) is -0.319. The zero-order valence-corrected chi connectivity index (χ0v) is 30.8. The molecule has 18 heteroatoms. The topological polar surface area (TPSA) is 166 Å². The number of nitrogens with one attached hydrogen (secondary N) is 3. The lowest BCUT2D eigenvalue weighted by Crippen LogP contribution is -2.43. The van der Waals surface area contributed by atoms with E-state index in [1.54, 1.807) is 0 Å². The molecular weight excluding hydrogens is 726 g/mol. The van der Waals surface area contributed by atoms with Gasteiger partial charge in [-0.15, -0.1) is 0 Å². The Balaban J connectivity index is 1.05. The Morgan fingerprint density at radius 1 is 0.981 bits per heavy atom. The van der Waals surface area contributed by atoms with Gasteiger partial charge in [0.1, 0.15) is 17.1 Å². The first-order valence-electron chi connectivity index (χ1n) is 17.3. The van der Waals surface area contributed by atoms with Gasteiger partial charge in [0.2, 0.25) is 27.8 Å². The van der Waals surface area contributed by atoms with Crippen molar-refractivity contribution in [3.63, 3.8) is 0 Å². The average molecular weight is 767 g/mol. The fraction of sp³-hybridized carbons (Fsp3) is 0.389. The average Bonchev–Trinajstić information content (AvgIpc) is 3.13. The van der Waals surface area contributed by atoms with E-state index < -0.39 is 27.6 Å². The molecule has 4 heterocycles. The number of benzene rings is 2. The second-order valence-electron chi connectivity index (χ2n) is 13.4. The predicted octanol–water partition coefficient (Wildman–Crippen LogP) is 4.66. The summed E-state index contributed by atoms with van der Waals surface area (Å²) in [5, 5.41) is 8.04. The van der Waals surface area contributed by atoms with E-state index in [2.05, 4.69) is 64.9 Å². The van der Waals surface area contributed by atoms with E-state index in [1.165, 1.54) is 19.4 Å². The lowest BCUT2D eigenvalue weighted by atomic mass is 9.89. The summed E-state index contributed by atoms with van der Waals surface area (Å²) < 4.78 is 66.7. The molecule has 54 heavy (non-hydrogen) atoms. The first kappa shape index (κ1) is 38.4. The van der Waals surface area contributed by atoms with Crippen LogP contribution in [0.25, 0.3) is 0 Å². The summed E-state index contributed by atoms with van der Waals surface area (Å²) >= 11 is 0. The van der Waals surface area contributed by atoms with Crippen LogP contribution in [-0.2, 0) is 38.9 Å². The maximum atomic E-state index is 13.9. The number of anilines is 5. The zero-order chi connectivity index (χ0) is 38.6. The molecule has 2 fully saturated rings. The molecule has 2 aliphatic heterocycles. The molecule has 6 rings (SSSR count). The van der Waals surface area contributed by atoms with Crippen LogP contribution in [0.1, 0.15) is 54.0 Å². The minimum atomic E-state index is -4.76. The number of hydrogen-bond acceptors (Lipinski definition) is 12. The van der Waals surface area contributed by atoms with Gasteiger partial charge >= 0.3 is 6.18 Å². The summed E-state index contributed by atoms with van der Waals surface area (Å²) in [6.07, 6.45) is 2.25. The van der Waals surface area contributed by atoms with Crippen molar-refractivity contribution in [3.05, 3.63) is 89.5 Å². The van der Waals surface area contributed by atoms with Crippen LogP contribution in [0.4, 0.5) is 42.1 Å². The maximum Gasteiger partial charge on any atom is 0.421 e. The van der Waals surface area contributed by atoms with Crippen LogP contribution >= 0.6 is 0 Å². The summed E-state index contributed by atoms with van der Waals surface area (Å²) in [6, 6.07) is 15.9. The van der Waals surface area contributed by atoms with Crippen molar-refractivity contribution in [3.8, 4) is 0 Å². The van der Waals surface area contributed by atoms with Gasteiger partial charge in [-0.1, -0.05) is 24.3 Å². The van der Waals surface area contributed by atoms with Crippen molar-refractivity contribution >= 4 is 50.8 Å².